The molecule has 0 bridgehead atoms. The maximum absolute atomic E-state index is 2.27. The van der Waals surface area contributed by atoms with Crippen LogP contribution in [0.4, 0.5) is 0 Å². The Balaban J connectivity index is 0.000000135. The van der Waals surface area contributed by atoms with Crippen LogP contribution in [0.2, 0.25) is 0 Å². The standard InChI is InChI=1S/C18H15Ge.3C18H15P.Cu/c4*1-4-10-16(11-5-1)19(17-12-6-2-7-13-17)18-14-8-3-9-15-18;/h4*1-15H;. The van der Waals surface area contributed by atoms with E-state index >= 15 is 0 Å². The van der Waals surface area contributed by atoms with Gasteiger partial charge in [-0.1, -0.05) is 273 Å². The molecular formula is C72H60CuGeP3. The molecule has 12 aromatic carbocycles. The summed E-state index contributed by atoms with van der Waals surface area (Å²) in [6.07, 6.45) is 0. The van der Waals surface area contributed by atoms with Crippen LogP contribution in [0.25, 0.3) is 0 Å². The van der Waals surface area contributed by atoms with Crippen molar-refractivity contribution in [2.24, 2.45) is 0 Å². The van der Waals surface area contributed by atoms with Crippen LogP contribution in [0.3, 0.4) is 0 Å². The first-order valence-corrected chi connectivity index (χ1v) is 32.9. The maximum atomic E-state index is 2.27. The third-order valence-corrected chi connectivity index (χ3v) is 25.4. The summed E-state index contributed by atoms with van der Waals surface area (Å²) < 4.78 is 4.50. The van der Waals surface area contributed by atoms with Crippen LogP contribution in [-0.4, -0.2) is 14.3 Å². The van der Waals surface area contributed by atoms with Gasteiger partial charge >= 0.3 is 119 Å². The second-order valence-electron chi connectivity index (χ2n) is 17.5. The summed E-state index contributed by atoms with van der Waals surface area (Å²) in [4.78, 5) is 0. The molecule has 0 spiro atoms. The third-order valence-electron chi connectivity index (χ3n) is 12.3. The van der Waals surface area contributed by atoms with Crippen molar-refractivity contribution in [1.29, 1.82) is 0 Å². The molecule has 2 radical (unpaired) electrons. The van der Waals surface area contributed by atoms with Gasteiger partial charge in [0.1, 0.15) is 0 Å². The topological polar surface area (TPSA) is 0 Å². The van der Waals surface area contributed by atoms with Crippen LogP contribution in [0.1, 0.15) is 0 Å². The van der Waals surface area contributed by atoms with E-state index < -0.39 is 38.1 Å². The number of rotatable bonds is 12. The van der Waals surface area contributed by atoms with Crippen molar-refractivity contribution in [2.45, 2.75) is 0 Å². The average molecular weight is 1150 g/mol. The Labute approximate surface area is 476 Å². The molecule has 0 unspecified atom stereocenters. The predicted octanol–water partition coefficient (Wildman–Crippen LogP) is 12.5. The minimum absolute atomic E-state index is 0. The largest absolute Gasteiger partial charge is 0.0622 e. The maximum Gasteiger partial charge on any atom is -0.0134 e. The SMILES string of the molecule is [Cu].c1cc[c]([Ge]([c]2ccccc2)[c]2ccccc2)cc1.c1ccc(P(c2ccccc2)c2ccccc2)cc1.c1ccc(P(c2ccccc2)c2ccccc2)cc1.c1ccc(P(c2ccccc2)c2ccccc2)cc1. The first-order chi connectivity index (χ1) is 37.8. The van der Waals surface area contributed by atoms with Gasteiger partial charge in [0.05, 0.1) is 0 Å². The van der Waals surface area contributed by atoms with Crippen LogP contribution in [0.5, 0.6) is 0 Å². The molecule has 0 amide bonds. The van der Waals surface area contributed by atoms with Crippen LogP contribution < -0.4 is 60.9 Å². The summed E-state index contributed by atoms with van der Waals surface area (Å²) in [5, 5.41) is 12.6. The average Bonchev–Trinajstić information content (AvgIpc) is 3.51. The predicted molar refractivity (Wildman–Crippen MR) is 339 cm³/mol. The van der Waals surface area contributed by atoms with Crippen molar-refractivity contribution in [2.75, 3.05) is 0 Å². The van der Waals surface area contributed by atoms with E-state index in [1.165, 1.54) is 60.9 Å². The molecule has 77 heavy (non-hydrogen) atoms. The summed E-state index contributed by atoms with van der Waals surface area (Å²) in [6.45, 7) is 0. The number of hydrogen-bond acceptors (Lipinski definition) is 0. The molecule has 0 aliphatic heterocycles. The fraction of sp³-hybridized carbons (Fsp3) is 0. The molecule has 0 nitrogen and oxygen atoms in total. The zero-order valence-corrected chi connectivity index (χ0v) is 48.5. The van der Waals surface area contributed by atoms with Crippen LogP contribution in [0, 0.1) is 0 Å². The van der Waals surface area contributed by atoms with E-state index in [4.69, 9.17) is 0 Å². The van der Waals surface area contributed by atoms with Crippen molar-refractivity contribution >= 4 is 99.0 Å². The summed E-state index contributed by atoms with van der Waals surface area (Å²) in [6, 6.07) is 130. The van der Waals surface area contributed by atoms with Crippen molar-refractivity contribution in [3.8, 4) is 0 Å². The van der Waals surface area contributed by atoms with Crippen LogP contribution in [-0.2, 0) is 17.1 Å². The van der Waals surface area contributed by atoms with Gasteiger partial charge in [-0.05, 0) is 71.5 Å². The van der Waals surface area contributed by atoms with E-state index in [-0.39, 0.29) is 17.1 Å². The Morgan fingerprint density at radius 1 is 0.143 bits per heavy atom. The molecule has 5 heteroatoms. The van der Waals surface area contributed by atoms with Gasteiger partial charge in [-0.3, -0.25) is 0 Å². The van der Waals surface area contributed by atoms with E-state index in [1.54, 1.807) is 0 Å². The van der Waals surface area contributed by atoms with E-state index in [9.17, 15) is 0 Å². The Morgan fingerprint density at radius 3 is 0.364 bits per heavy atom. The molecule has 0 heterocycles. The molecule has 0 aliphatic rings. The van der Waals surface area contributed by atoms with Gasteiger partial charge in [-0.2, -0.15) is 0 Å². The zero-order valence-electron chi connectivity index (χ0n) is 42.8. The van der Waals surface area contributed by atoms with Crippen molar-refractivity contribution < 1.29 is 17.1 Å². The Hall–Kier alpha value is -7.01. The molecule has 0 fully saturated rings. The normalized spacial score (nSPS) is 10.4. The quantitative estimate of drug-likeness (QED) is 0.0845. The first-order valence-electron chi connectivity index (χ1n) is 25.7. The Kier molecular flexibility index (Phi) is 22.8. The van der Waals surface area contributed by atoms with Gasteiger partial charge in [-0.15, -0.1) is 0 Å². The monoisotopic (exact) mass is 1150 g/mol. The minimum Gasteiger partial charge on any atom is -0.0622 e. The molecule has 0 N–H and O–H groups in total. The molecule has 12 aromatic rings. The van der Waals surface area contributed by atoms with E-state index in [0.29, 0.717) is 0 Å². The molecule has 0 saturated heterocycles. The van der Waals surface area contributed by atoms with Gasteiger partial charge < -0.3 is 0 Å². The van der Waals surface area contributed by atoms with Crippen LogP contribution in [0.15, 0.2) is 364 Å². The first kappa shape index (κ1) is 56.2. The van der Waals surface area contributed by atoms with Crippen molar-refractivity contribution in [3.05, 3.63) is 364 Å². The van der Waals surface area contributed by atoms with Crippen molar-refractivity contribution in [3.63, 3.8) is 0 Å². The number of hydrogen-bond donors (Lipinski definition) is 0. The molecule has 0 aromatic heterocycles. The van der Waals surface area contributed by atoms with Gasteiger partial charge in [0, 0.05) is 17.1 Å². The molecule has 0 aliphatic carbocycles. The fourth-order valence-corrected chi connectivity index (χ4v) is 21.2. The van der Waals surface area contributed by atoms with Crippen molar-refractivity contribution in [1.82, 2.24) is 0 Å². The van der Waals surface area contributed by atoms with Crippen LogP contribution >= 0.6 is 23.8 Å². The van der Waals surface area contributed by atoms with Gasteiger partial charge in [0.2, 0.25) is 0 Å². The summed E-state index contributed by atoms with van der Waals surface area (Å²) >= 11 is -1.63. The minimum atomic E-state index is -1.63. The second kappa shape index (κ2) is 31.3. The molecular weight excluding hydrogens is 1090 g/mol. The molecule has 12 rings (SSSR count). The Morgan fingerprint density at radius 2 is 0.247 bits per heavy atom. The Bertz CT molecular complexity index is 2580. The van der Waals surface area contributed by atoms with Gasteiger partial charge in [0.15, 0.2) is 0 Å². The molecule has 0 atom stereocenters. The van der Waals surface area contributed by atoms with Gasteiger partial charge in [0.25, 0.3) is 0 Å². The van der Waals surface area contributed by atoms with E-state index in [0.717, 1.165) is 0 Å². The third kappa shape index (κ3) is 16.5. The summed E-state index contributed by atoms with van der Waals surface area (Å²) in [5.41, 5.74) is 0. The van der Waals surface area contributed by atoms with E-state index in [2.05, 4.69) is 364 Å². The van der Waals surface area contributed by atoms with Gasteiger partial charge in [-0.25, -0.2) is 0 Å². The molecule has 378 valence electrons. The zero-order chi connectivity index (χ0) is 51.7. The van der Waals surface area contributed by atoms with E-state index in [1.807, 2.05) is 0 Å². The second-order valence-corrected chi connectivity index (χ2v) is 29.4. The summed E-state index contributed by atoms with van der Waals surface area (Å²) in [7, 11) is -1.34. The summed E-state index contributed by atoms with van der Waals surface area (Å²) in [5.74, 6) is 0. The fourth-order valence-electron chi connectivity index (χ4n) is 8.85. The number of benzene rings is 12. The smallest absolute Gasteiger partial charge is 0.0134 e. The molecule has 0 saturated carbocycles.